The van der Waals surface area contributed by atoms with Gasteiger partial charge in [0.15, 0.2) is 29.8 Å². The fraction of sp³-hybridized carbons (Fsp3) is 0.184. The zero-order valence-corrected chi connectivity index (χ0v) is 27.5. The molecular weight excluding hydrogens is 656 g/mol. The zero-order valence-electron chi connectivity index (χ0n) is 27.5. The largest absolute Gasteiger partial charge is 0.453 e. The average Bonchev–Trinajstić information content (AvgIpc) is 3.14. The predicted molar refractivity (Wildman–Crippen MR) is 185 cm³/mol. The summed E-state index contributed by atoms with van der Waals surface area (Å²) < 4.78 is 19.2. The number of nitrogens with zero attached hydrogens (tertiary/aromatic N) is 3. The summed E-state index contributed by atoms with van der Waals surface area (Å²) in [6.45, 7) is 2.47. The third kappa shape index (κ3) is 7.58. The molecule has 0 saturated heterocycles. The Balaban J connectivity index is 1.53. The molecule has 0 fully saturated rings. The second kappa shape index (κ2) is 15.0. The van der Waals surface area contributed by atoms with Crippen molar-refractivity contribution in [3.63, 3.8) is 0 Å². The van der Waals surface area contributed by atoms with E-state index in [-0.39, 0.29) is 28.2 Å². The van der Waals surface area contributed by atoms with Gasteiger partial charge in [-0.05, 0) is 73.5 Å². The lowest BCUT2D eigenvalue weighted by Crippen LogP contribution is -2.49. The number of rotatable bonds is 11. The van der Waals surface area contributed by atoms with Crippen LogP contribution in [0.25, 0.3) is 22.6 Å². The van der Waals surface area contributed by atoms with Crippen molar-refractivity contribution in [2.45, 2.75) is 38.7 Å². The molecule has 0 bridgehead atoms. The molecule has 0 unspecified atom stereocenters. The average molecular weight is 689 g/mol. The molecule has 2 aliphatic heterocycles. The number of fused-ring (bicyclic) bond motifs is 2. The number of carbonyl (C=O) groups is 3. The third-order valence-electron chi connectivity index (χ3n) is 8.29. The fourth-order valence-corrected chi connectivity index (χ4v) is 5.55. The van der Waals surface area contributed by atoms with Gasteiger partial charge in [0.1, 0.15) is 0 Å². The zero-order chi connectivity index (χ0) is 36.1. The molecule has 0 aromatic heterocycles. The van der Waals surface area contributed by atoms with Gasteiger partial charge in [0.25, 0.3) is 5.56 Å². The van der Waals surface area contributed by atoms with Crippen LogP contribution in [-0.2, 0) is 20.8 Å². The first-order valence-corrected chi connectivity index (χ1v) is 15.9. The number of benzene rings is 4. The first-order valence-electron chi connectivity index (χ1n) is 15.9. The van der Waals surface area contributed by atoms with Gasteiger partial charge in [-0.2, -0.15) is 4.98 Å². The highest BCUT2D eigenvalue weighted by Gasteiger charge is 2.40. The topological polar surface area (TPSA) is 180 Å². The Morgan fingerprint density at radius 3 is 1.73 bits per heavy atom. The van der Waals surface area contributed by atoms with E-state index in [0.717, 1.165) is 11.1 Å². The summed E-state index contributed by atoms with van der Waals surface area (Å²) in [4.78, 5) is 76.9. The Kier molecular flexibility index (Phi) is 10.1. The number of carbonyl (C=O) groups excluding carboxylic acids is 3. The molecule has 3 atom stereocenters. The molecule has 0 saturated carbocycles. The number of aliphatic hydroxyl groups is 1. The molecule has 258 valence electrons. The maximum Gasteiger partial charge on any atom is 0.349 e. The smallest absolute Gasteiger partial charge is 0.349 e. The number of nitrogens with one attached hydrogen (secondary N) is 1. The molecule has 13 heteroatoms. The predicted octanol–water partition coefficient (Wildman–Crippen LogP) is 3.87. The first-order chi connectivity index (χ1) is 24.6. The van der Waals surface area contributed by atoms with E-state index in [0.29, 0.717) is 11.0 Å². The van der Waals surface area contributed by atoms with E-state index >= 15 is 0 Å². The van der Waals surface area contributed by atoms with Crippen molar-refractivity contribution >= 4 is 28.9 Å². The number of aromatic nitrogens is 4. The van der Waals surface area contributed by atoms with Gasteiger partial charge in [-0.15, -0.1) is 0 Å². The van der Waals surface area contributed by atoms with E-state index in [4.69, 9.17) is 14.2 Å². The Hall–Kier alpha value is -6.47. The van der Waals surface area contributed by atoms with Crippen molar-refractivity contribution in [1.29, 1.82) is 0 Å². The molecule has 2 aliphatic rings. The number of esters is 3. The van der Waals surface area contributed by atoms with Crippen molar-refractivity contribution in [3.05, 3.63) is 152 Å². The lowest BCUT2D eigenvalue weighted by Gasteiger charge is -2.33. The summed E-state index contributed by atoms with van der Waals surface area (Å²) in [7, 11) is 0. The van der Waals surface area contributed by atoms with Crippen molar-refractivity contribution in [2.24, 2.45) is 0 Å². The van der Waals surface area contributed by atoms with Crippen molar-refractivity contribution in [2.75, 3.05) is 6.61 Å². The first kappa shape index (κ1) is 34.4. The Morgan fingerprint density at radius 1 is 0.706 bits per heavy atom. The van der Waals surface area contributed by atoms with Crippen LogP contribution in [0.1, 0.15) is 42.2 Å². The molecule has 0 spiro atoms. The summed E-state index contributed by atoms with van der Waals surface area (Å²) in [5, 5.41) is 10.7. The quantitative estimate of drug-likeness (QED) is 0.115. The molecular formula is C38H32N4O9. The van der Waals surface area contributed by atoms with Crippen LogP contribution in [0.3, 0.4) is 0 Å². The summed E-state index contributed by atoms with van der Waals surface area (Å²) in [5.41, 5.74) is 0.968. The number of hydrogen-bond donors (Lipinski definition) is 2. The minimum atomic E-state index is -1.64. The number of aryl methyl sites for hydroxylation is 2. The number of aromatic amines is 1. The molecule has 0 amide bonds. The summed E-state index contributed by atoms with van der Waals surface area (Å²) in [5.74, 6) is -2.69. The summed E-state index contributed by atoms with van der Waals surface area (Å²) >= 11 is 0. The normalized spacial score (nSPS) is 12.9. The molecule has 6 rings (SSSR count). The monoisotopic (exact) mass is 688 g/mol. The van der Waals surface area contributed by atoms with Gasteiger partial charge in [0, 0.05) is 0 Å². The van der Waals surface area contributed by atoms with E-state index in [9.17, 15) is 29.1 Å². The van der Waals surface area contributed by atoms with Crippen LogP contribution in [0.2, 0.25) is 0 Å². The van der Waals surface area contributed by atoms with Crippen LogP contribution in [0.4, 0.5) is 0 Å². The van der Waals surface area contributed by atoms with Crippen LogP contribution in [-0.4, -0.2) is 67.5 Å². The van der Waals surface area contributed by atoms with Gasteiger partial charge in [-0.3, -0.25) is 9.78 Å². The van der Waals surface area contributed by atoms with E-state index in [1.165, 1.54) is 41.0 Å². The maximum absolute atomic E-state index is 13.7. The van der Waals surface area contributed by atoms with E-state index in [1.54, 1.807) is 66.7 Å². The fourth-order valence-electron chi connectivity index (χ4n) is 5.55. The van der Waals surface area contributed by atoms with Crippen LogP contribution in [0.15, 0.2) is 113 Å². The van der Waals surface area contributed by atoms with E-state index in [1.807, 2.05) is 13.8 Å². The standard InChI is InChI=1S/C38H32N4O9/c1-22-18-27-28(19-23(22)2)42(33-31(39-27)34(44)41-38(48)40-33)20-29(49-35(45)24-12-6-3-7-13-24)32(51-37(47)26-16-10-5-11-17-26)30(21-43)50-36(46)25-14-8-4-9-15-25/h3-19,29-30,32,43H,20-21H2,1-2H3,(H,41,44,48)/t29-,30+,32-/m0/s1. The van der Waals surface area contributed by atoms with Crippen LogP contribution < -0.4 is 11.2 Å². The minimum Gasteiger partial charge on any atom is -0.453 e. The van der Waals surface area contributed by atoms with Gasteiger partial charge < -0.3 is 23.9 Å². The second-order valence-corrected chi connectivity index (χ2v) is 11.7. The van der Waals surface area contributed by atoms with Crippen LogP contribution in [0, 0.1) is 13.8 Å². The second-order valence-electron chi connectivity index (χ2n) is 11.7. The van der Waals surface area contributed by atoms with Crippen LogP contribution in [0.5, 0.6) is 0 Å². The highest BCUT2D eigenvalue weighted by Crippen LogP contribution is 2.27. The Morgan fingerprint density at radius 2 is 1.20 bits per heavy atom. The number of hydrogen-bond acceptors (Lipinski definition) is 11. The minimum absolute atomic E-state index is 0.129. The molecule has 0 radical (unpaired) electrons. The van der Waals surface area contributed by atoms with Gasteiger partial charge in [-0.1, -0.05) is 54.6 Å². The van der Waals surface area contributed by atoms with Gasteiger partial charge in [0.2, 0.25) is 0 Å². The number of H-pyrrole nitrogens is 1. The molecule has 4 aromatic carbocycles. The highest BCUT2D eigenvalue weighted by atomic mass is 16.6. The van der Waals surface area contributed by atoms with Gasteiger partial charge in [-0.25, -0.2) is 24.2 Å². The molecule has 0 aliphatic carbocycles. The number of ether oxygens (including phenoxy) is 3. The molecule has 2 N–H and O–H groups in total. The van der Waals surface area contributed by atoms with Gasteiger partial charge in [0.05, 0.1) is 40.9 Å². The van der Waals surface area contributed by atoms with Gasteiger partial charge >= 0.3 is 23.6 Å². The maximum atomic E-state index is 13.7. The van der Waals surface area contributed by atoms with Crippen molar-refractivity contribution in [1.82, 2.24) is 19.5 Å². The molecule has 2 heterocycles. The van der Waals surface area contributed by atoms with Crippen molar-refractivity contribution in [3.8, 4) is 11.5 Å². The Bertz CT molecular complexity index is 2290. The van der Waals surface area contributed by atoms with E-state index in [2.05, 4.69) is 15.0 Å². The summed E-state index contributed by atoms with van der Waals surface area (Å²) in [6.07, 6.45) is -4.74. The molecule has 51 heavy (non-hydrogen) atoms. The lowest BCUT2D eigenvalue weighted by molar-refractivity contribution is -0.102. The van der Waals surface area contributed by atoms with Crippen molar-refractivity contribution < 1.29 is 33.7 Å². The van der Waals surface area contributed by atoms with E-state index < -0.39 is 60.6 Å². The SMILES string of the molecule is Cc1cc2nc3c(=O)[nH]c(=O)nc-3n(C[C@H](OC(=O)c3ccccc3)[C@H](OC(=O)c3ccccc3)[C@@H](CO)OC(=O)c3ccccc3)c2cc1C. The lowest BCUT2D eigenvalue weighted by atomic mass is 10.0. The number of aliphatic hydroxyl groups excluding tert-OH is 1. The molecule has 13 nitrogen and oxygen atoms in total. The third-order valence-corrected chi connectivity index (χ3v) is 8.29. The highest BCUT2D eigenvalue weighted by molar-refractivity contribution is 5.91. The van der Waals surface area contributed by atoms with Crippen LogP contribution >= 0.6 is 0 Å². The molecule has 4 aromatic rings. The Labute approximate surface area is 290 Å². The summed E-state index contributed by atoms with van der Waals surface area (Å²) in [6, 6.07) is 27.5.